The molecule has 0 aliphatic carbocycles. The van der Waals surface area contributed by atoms with Crippen molar-refractivity contribution in [3.8, 4) is 11.4 Å². The number of nitrogens with zero attached hydrogens (tertiary/aromatic N) is 3. The van der Waals surface area contributed by atoms with Crippen LogP contribution in [0.25, 0.3) is 11.4 Å². The molecule has 1 heterocycles. The second kappa shape index (κ2) is 9.56. The zero-order chi connectivity index (χ0) is 23.5. The zero-order valence-corrected chi connectivity index (χ0v) is 18.8. The van der Waals surface area contributed by atoms with Gasteiger partial charge in [-0.25, -0.2) is 17.2 Å². The predicted octanol–water partition coefficient (Wildman–Crippen LogP) is 3.59. The number of benzene rings is 2. The van der Waals surface area contributed by atoms with Gasteiger partial charge in [0.1, 0.15) is 17.4 Å². The number of rotatable bonds is 8. The number of sulfone groups is 1. The van der Waals surface area contributed by atoms with Crippen molar-refractivity contribution in [2.24, 2.45) is 0 Å². The molecule has 1 N–H and O–H groups in total. The van der Waals surface area contributed by atoms with E-state index < -0.39 is 39.2 Å². The molecule has 1 aromatic heterocycles. The van der Waals surface area contributed by atoms with Crippen molar-refractivity contribution in [1.82, 2.24) is 20.1 Å². The van der Waals surface area contributed by atoms with Crippen LogP contribution in [0.1, 0.15) is 37.4 Å². The van der Waals surface area contributed by atoms with Crippen molar-refractivity contribution >= 4 is 15.7 Å². The summed E-state index contributed by atoms with van der Waals surface area (Å²) in [5.74, 6) is -2.88. The smallest absolute Gasteiger partial charge is 0.250 e. The summed E-state index contributed by atoms with van der Waals surface area (Å²) in [5, 5.41) is 10.1. The topological polar surface area (TPSA) is 93.9 Å². The molecule has 0 saturated heterocycles. The number of aryl methyl sites for hydroxylation is 1. The van der Waals surface area contributed by atoms with E-state index in [0.717, 1.165) is 17.2 Å². The van der Waals surface area contributed by atoms with Crippen molar-refractivity contribution in [1.29, 1.82) is 0 Å². The van der Waals surface area contributed by atoms with E-state index in [2.05, 4.69) is 15.5 Å². The second-order valence-corrected chi connectivity index (χ2v) is 9.42. The molecule has 170 valence electrons. The number of nitrogens with one attached hydrogen (secondary N) is 1. The summed E-state index contributed by atoms with van der Waals surface area (Å²) in [5.41, 5.74) is 1.75. The molecule has 0 aliphatic rings. The summed E-state index contributed by atoms with van der Waals surface area (Å²) in [4.78, 5) is 12.4. The van der Waals surface area contributed by atoms with Crippen LogP contribution in [0.2, 0.25) is 0 Å². The molecule has 0 bridgehead atoms. The molecule has 0 aliphatic heterocycles. The van der Waals surface area contributed by atoms with E-state index >= 15 is 0 Å². The lowest BCUT2D eigenvalue weighted by molar-refractivity contribution is -0.119. The molecule has 7 nitrogen and oxygen atoms in total. The maximum atomic E-state index is 14.0. The van der Waals surface area contributed by atoms with Crippen LogP contribution in [0.3, 0.4) is 0 Å². The van der Waals surface area contributed by atoms with Crippen LogP contribution in [0.4, 0.5) is 8.78 Å². The molecule has 0 spiro atoms. The maximum absolute atomic E-state index is 14.0. The number of amides is 1. The van der Waals surface area contributed by atoms with Crippen molar-refractivity contribution < 1.29 is 22.0 Å². The zero-order valence-electron chi connectivity index (χ0n) is 18.0. The predicted molar refractivity (Wildman–Crippen MR) is 115 cm³/mol. The van der Waals surface area contributed by atoms with Gasteiger partial charge in [0.15, 0.2) is 5.82 Å². The highest BCUT2D eigenvalue weighted by molar-refractivity contribution is 7.92. The molecule has 1 atom stereocenters. The van der Waals surface area contributed by atoms with Gasteiger partial charge in [0, 0.05) is 23.7 Å². The fraction of sp³-hybridized carbons (Fsp3) is 0.318. The van der Waals surface area contributed by atoms with Crippen LogP contribution in [0.5, 0.6) is 0 Å². The van der Waals surface area contributed by atoms with E-state index in [1.807, 2.05) is 38.1 Å². The van der Waals surface area contributed by atoms with E-state index in [-0.39, 0.29) is 10.7 Å². The van der Waals surface area contributed by atoms with Gasteiger partial charge in [-0.3, -0.25) is 9.36 Å². The van der Waals surface area contributed by atoms with Crippen molar-refractivity contribution in [2.45, 2.75) is 44.9 Å². The van der Waals surface area contributed by atoms with Gasteiger partial charge in [0.2, 0.25) is 15.7 Å². The normalized spacial score (nSPS) is 12.5. The first-order valence-electron chi connectivity index (χ1n) is 10.1. The molecule has 1 amide bonds. The van der Waals surface area contributed by atoms with Crippen LogP contribution in [0.15, 0.2) is 47.6 Å². The van der Waals surface area contributed by atoms with Gasteiger partial charge in [-0.15, -0.1) is 10.2 Å². The number of carbonyl (C=O) groups excluding carboxylic acids is 1. The maximum Gasteiger partial charge on any atom is 0.250 e. The average molecular weight is 463 g/mol. The highest BCUT2D eigenvalue weighted by atomic mass is 32.2. The van der Waals surface area contributed by atoms with Gasteiger partial charge in [0.25, 0.3) is 5.16 Å². The third kappa shape index (κ3) is 5.18. The monoisotopic (exact) mass is 462 g/mol. The Morgan fingerprint density at radius 2 is 1.91 bits per heavy atom. The largest absolute Gasteiger partial charge is 0.349 e. The Labute approximate surface area is 185 Å². The highest BCUT2D eigenvalue weighted by Gasteiger charge is 2.28. The Hall–Kier alpha value is -3.14. The molecule has 2 aromatic carbocycles. The summed E-state index contributed by atoms with van der Waals surface area (Å²) in [7, 11) is -4.13. The first-order valence-corrected chi connectivity index (χ1v) is 11.7. The Balaban J connectivity index is 1.83. The minimum atomic E-state index is -4.13. The average Bonchev–Trinajstić information content (AvgIpc) is 3.12. The van der Waals surface area contributed by atoms with Crippen molar-refractivity contribution in [3.63, 3.8) is 0 Å². The van der Waals surface area contributed by atoms with E-state index in [9.17, 15) is 22.0 Å². The number of aromatic nitrogens is 3. The van der Waals surface area contributed by atoms with Gasteiger partial charge in [0.05, 0.1) is 6.04 Å². The quantitative estimate of drug-likeness (QED) is 0.552. The third-order valence-corrected chi connectivity index (χ3v) is 6.35. The van der Waals surface area contributed by atoms with Crippen molar-refractivity contribution in [3.05, 3.63) is 65.2 Å². The Morgan fingerprint density at radius 3 is 2.56 bits per heavy atom. The fourth-order valence-electron chi connectivity index (χ4n) is 3.39. The molecule has 32 heavy (non-hydrogen) atoms. The van der Waals surface area contributed by atoms with Gasteiger partial charge >= 0.3 is 0 Å². The van der Waals surface area contributed by atoms with Crippen LogP contribution in [-0.2, 0) is 21.2 Å². The third-order valence-electron chi connectivity index (χ3n) is 4.85. The second-order valence-electron chi connectivity index (χ2n) is 7.54. The minimum absolute atomic E-state index is 0.0491. The summed E-state index contributed by atoms with van der Waals surface area (Å²) >= 11 is 0. The molecule has 10 heteroatoms. The molecular formula is C22H24F2N4O3S. The molecule has 0 saturated carbocycles. The highest BCUT2D eigenvalue weighted by Crippen LogP contribution is 2.23. The first-order chi connectivity index (χ1) is 15.1. The summed E-state index contributed by atoms with van der Waals surface area (Å²) in [6.07, 6.45) is 0.631. The lowest BCUT2D eigenvalue weighted by atomic mass is 10.1. The van der Waals surface area contributed by atoms with Crippen LogP contribution in [0, 0.1) is 18.6 Å². The number of carbonyl (C=O) groups is 1. The number of hydrogen-bond acceptors (Lipinski definition) is 5. The van der Waals surface area contributed by atoms with E-state index in [1.165, 1.54) is 17.6 Å². The summed E-state index contributed by atoms with van der Waals surface area (Å²) in [6.45, 7) is 5.64. The molecule has 0 radical (unpaired) electrons. The summed E-state index contributed by atoms with van der Waals surface area (Å²) < 4.78 is 54.5. The lowest BCUT2D eigenvalue weighted by Gasteiger charge is -2.15. The van der Waals surface area contributed by atoms with Gasteiger partial charge in [-0.1, -0.05) is 36.8 Å². The van der Waals surface area contributed by atoms with E-state index in [4.69, 9.17) is 0 Å². The van der Waals surface area contributed by atoms with Gasteiger partial charge in [-0.05, 0) is 32.4 Å². The van der Waals surface area contributed by atoms with E-state index in [1.54, 1.807) is 0 Å². The first kappa shape index (κ1) is 23.5. The number of halogens is 2. The van der Waals surface area contributed by atoms with Crippen LogP contribution < -0.4 is 5.32 Å². The Bertz CT molecular complexity index is 1240. The van der Waals surface area contributed by atoms with Crippen LogP contribution >= 0.6 is 0 Å². The van der Waals surface area contributed by atoms with Crippen LogP contribution in [-0.4, -0.2) is 34.8 Å². The van der Waals surface area contributed by atoms with Crippen molar-refractivity contribution in [2.75, 3.05) is 5.75 Å². The SMILES string of the molecule is CCCn1c(-c2cccc(C)c2)nnc1S(=O)(=O)CC(=O)N[C@@H](C)c1ccc(F)cc1F. The molecule has 0 unspecified atom stereocenters. The number of hydrogen-bond donors (Lipinski definition) is 1. The van der Waals surface area contributed by atoms with E-state index in [0.29, 0.717) is 24.9 Å². The Kier molecular flexibility index (Phi) is 7.02. The molecular weight excluding hydrogens is 438 g/mol. The molecule has 3 aromatic rings. The summed E-state index contributed by atoms with van der Waals surface area (Å²) in [6, 6.07) is 9.56. The standard InChI is InChI=1S/C22H24F2N4O3S/c1-4-10-28-21(16-7-5-6-14(2)11-16)26-27-22(28)32(30,31)13-20(29)25-15(3)18-9-8-17(23)12-19(18)24/h5-9,11-12,15H,4,10,13H2,1-3H3,(H,25,29)/t15-/m0/s1. The fourth-order valence-corrected chi connectivity index (χ4v) is 4.63. The van der Waals surface area contributed by atoms with Gasteiger partial charge in [-0.2, -0.15) is 0 Å². The molecule has 0 fully saturated rings. The minimum Gasteiger partial charge on any atom is -0.349 e. The Morgan fingerprint density at radius 1 is 1.16 bits per heavy atom. The lowest BCUT2D eigenvalue weighted by Crippen LogP contribution is -2.33. The van der Waals surface area contributed by atoms with Gasteiger partial charge < -0.3 is 5.32 Å². The molecule has 3 rings (SSSR count).